The monoisotopic (exact) mass is 512 g/mol. The average Bonchev–Trinajstić information content (AvgIpc) is 3.58. The zero-order chi connectivity index (χ0) is 24.6. The molecule has 0 saturated carbocycles. The van der Waals surface area contributed by atoms with E-state index in [9.17, 15) is 4.79 Å². The number of carbonyl (C=O) groups excluding carboxylic acids is 1. The lowest BCUT2D eigenvalue weighted by Crippen LogP contribution is -2.42. The van der Waals surface area contributed by atoms with E-state index in [4.69, 9.17) is 21.1 Å². The largest absolute Gasteiger partial charge is 0.493 e. The Hall–Kier alpha value is -3.63. The zero-order valence-electron chi connectivity index (χ0n) is 19.3. The molecule has 11 heteroatoms. The molecule has 182 valence electrons. The highest BCUT2D eigenvalue weighted by Gasteiger charge is 2.21. The lowest BCUT2D eigenvalue weighted by atomic mass is 10.1. The molecule has 4 aromatic rings. The predicted octanol–water partition coefficient (Wildman–Crippen LogP) is 3.78. The van der Waals surface area contributed by atoms with Gasteiger partial charge in [0, 0.05) is 36.3 Å². The van der Waals surface area contributed by atoms with Gasteiger partial charge in [-0.05, 0) is 35.6 Å². The summed E-state index contributed by atoms with van der Waals surface area (Å²) in [7, 11) is 3.20. The Morgan fingerprint density at radius 2 is 2.03 bits per heavy atom. The second kappa shape index (κ2) is 11.7. The lowest BCUT2D eigenvalue weighted by molar-refractivity contribution is -0.121. The number of methoxy groups -OCH3 is 2. The van der Waals surface area contributed by atoms with E-state index in [2.05, 4.69) is 25.6 Å². The minimum Gasteiger partial charge on any atom is -0.493 e. The van der Waals surface area contributed by atoms with E-state index in [0.717, 1.165) is 10.4 Å². The molecular formula is C24H25ClN6O3S. The van der Waals surface area contributed by atoms with Crippen molar-refractivity contribution in [2.24, 2.45) is 0 Å². The van der Waals surface area contributed by atoms with Gasteiger partial charge in [0.1, 0.15) is 23.3 Å². The van der Waals surface area contributed by atoms with Crippen LogP contribution in [0.2, 0.25) is 5.15 Å². The molecule has 2 N–H and O–H groups in total. The molecule has 35 heavy (non-hydrogen) atoms. The number of nitrogens with zero attached hydrogens (tertiary/aromatic N) is 4. The maximum absolute atomic E-state index is 13.2. The molecule has 9 nitrogen and oxygen atoms in total. The van der Waals surface area contributed by atoms with Crippen molar-refractivity contribution in [2.75, 3.05) is 26.1 Å². The van der Waals surface area contributed by atoms with Crippen LogP contribution < -0.4 is 20.1 Å². The number of hydrogen-bond donors (Lipinski definition) is 2. The van der Waals surface area contributed by atoms with E-state index in [1.54, 1.807) is 54.9 Å². The van der Waals surface area contributed by atoms with Gasteiger partial charge in [-0.1, -0.05) is 23.7 Å². The number of carbonyl (C=O) groups is 1. The van der Waals surface area contributed by atoms with Gasteiger partial charge < -0.3 is 20.1 Å². The molecule has 1 unspecified atom stereocenters. The summed E-state index contributed by atoms with van der Waals surface area (Å²) in [6, 6.07) is 10.7. The Labute approximate surface area is 212 Å². The fraction of sp³-hybridized carbons (Fsp3) is 0.250. The van der Waals surface area contributed by atoms with Crippen molar-refractivity contribution in [2.45, 2.75) is 18.9 Å². The van der Waals surface area contributed by atoms with Gasteiger partial charge in [0.2, 0.25) is 11.9 Å². The van der Waals surface area contributed by atoms with Crippen LogP contribution in [0, 0.1) is 0 Å². The molecular weight excluding hydrogens is 488 g/mol. The molecule has 0 aliphatic carbocycles. The van der Waals surface area contributed by atoms with Gasteiger partial charge in [0.25, 0.3) is 0 Å². The predicted molar refractivity (Wildman–Crippen MR) is 136 cm³/mol. The van der Waals surface area contributed by atoms with Gasteiger partial charge in [-0.25, -0.2) is 9.97 Å². The van der Waals surface area contributed by atoms with Crippen molar-refractivity contribution in [3.63, 3.8) is 0 Å². The minimum atomic E-state index is -0.555. The molecule has 3 heterocycles. The van der Waals surface area contributed by atoms with E-state index in [0.29, 0.717) is 42.7 Å². The van der Waals surface area contributed by atoms with Gasteiger partial charge in [0.05, 0.1) is 14.2 Å². The van der Waals surface area contributed by atoms with Crippen LogP contribution in [-0.2, 0) is 17.6 Å². The van der Waals surface area contributed by atoms with Crippen LogP contribution in [0.15, 0.2) is 60.5 Å². The number of ether oxygens (including phenoxy) is 2. The van der Waals surface area contributed by atoms with Crippen molar-refractivity contribution < 1.29 is 14.3 Å². The number of thiophene rings is 1. The molecule has 1 aromatic carbocycles. The quantitative estimate of drug-likeness (QED) is 0.295. The Morgan fingerprint density at radius 1 is 1.17 bits per heavy atom. The Morgan fingerprint density at radius 3 is 2.74 bits per heavy atom. The number of anilines is 1. The Kier molecular flexibility index (Phi) is 8.17. The highest BCUT2D eigenvalue weighted by molar-refractivity contribution is 7.09. The van der Waals surface area contributed by atoms with Crippen molar-refractivity contribution in [3.8, 4) is 17.4 Å². The first kappa shape index (κ1) is 24.5. The number of benzene rings is 1. The van der Waals surface area contributed by atoms with Crippen LogP contribution in [0.25, 0.3) is 5.95 Å². The standard InChI is InChI=1S/C24H25ClN6O3S/c1-33-19-6-5-16(12-20(19)34-2)7-8-27-23(32)18(13-17-4-3-11-35-17)28-22-14-21(25)29-24(30-22)31-10-9-26-15-31/h3-6,9-12,14-15,18H,7-8,13H2,1-2H3,(H,27,32)(H,28,29,30). The van der Waals surface area contributed by atoms with Gasteiger partial charge in [-0.2, -0.15) is 4.98 Å². The SMILES string of the molecule is COc1ccc(CCNC(=O)C(Cc2cccs2)Nc2cc(Cl)nc(-n3ccnc3)n2)cc1OC. The third-order valence-corrected chi connectivity index (χ3v) is 6.30. The van der Waals surface area contributed by atoms with Crippen molar-refractivity contribution in [1.29, 1.82) is 0 Å². The third-order valence-electron chi connectivity index (χ3n) is 5.20. The van der Waals surface area contributed by atoms with E-state index in [1.165, 1.54) is 0 Å². The summed E-state index contributed by atoms with van der Waals surface area (Å²) in [5, 5.41) is 8.50. The zero-order valence-corrected chi connectivity index (χ0v) is 20.8. The first-order valence-corrected chi connectivity index (χ1v) is 12.1. The molecule has 0 spiro atoms. The molecule has 0 radical (unpaired) electrons. The van der Waals surface area contributed by atoms with Crippen LogP contribution in [-0.4, -0.2) is 52.2 Å². The van der Waals surface area contributed by atoms with Crippen LogP contribution in [0.4, 0.5) is 5.82 Å². The Bertz CT molecular complexity index is 1250. The molecule has 0 aliphatic rings. The summed E-state index contributed by atoms with van der Waals surface area (Å²) in [6.45, 7) is 0.460. The summed E-state index contributed by atoms with van der Waals surface area (Å²) in [5.74, 6) is 1.99. The fourth-order valence-electron chi connectivity index (χ4n) is 3.48. The number of rotatable bonds is 11. The number of imidazole rings is 1. The topological polar surface area (TPSA) is 103 Å². The molecule has 0 bridgehead atoms. The van der Waals surface area contributed by atoms with Crippen LogP contribution in [0.5, 0.6) is 11.5 Å². The first-order valence-electron chi connectivity index (χ1n) is 10.9. The number of halogens is 1. The summed E-state index contributed by atoms with van der Waals surface area (Å²) < 4.78 is 12.3. The molecule has 1 atom stereocenters. The summed E-state index contributed by atoms with van der Waals surface area (Å²) in [5.41, 5.74) is 1.03. The molecule has 0 saturated heterocycles. The average molecular weight is 513 g/mol. The molecule has 0 fully saturated rings. The second-order valence-electron chi connectivity index (χ2n) is 7.56. The normalized spacial score (nSPS) is 11.6. The first-order chi connectivity index (χ1) is 17.1. The number of aromatic nitrogens is 4. The van der Waals surface area contributed by atoms with Gasteiger partial charge in [-0.15, -0.1) is 11.3 Å². The van der Waals surface area contributed by atoms with Crippen molar-refractivity contribution >= 4 is 34.7 Å². The van der Waals surface area contributed by atoms with Crippen LogP contribution >= 0.6 is 22.9 Å². The van der Waals surface area contributed by atoms with Gasteiger partial charge in [0.15, 0.2) is 11.5 Å². The second-order valence-corrected chi connectivity index (χ2v) is 8.98. The van der Waals surface area contributed by atoms with Crippen molar-refractivity contribution in [3.05, 3.63) is 76.1 Å². The highest BCUT2D eigenvalue weighted by atomic mass is 35.5. The van der Waals surface area contributed by atoms with E-state index in [-0.39, 0.29) is 11.1 Å². The van der Waals surface area contributed by atoms with Crippen LogP contribution in [0.3, 0.4) is 0 Å². The van der Waals surface area contributed by atoms with Gasteiger partial charge in [-0.3, -0.25) is 9.36 Å². The maximum Gasteiger partial charge on any atom is 0.242 e. The van der Waals surface area contributed by atoms with E-state index < -0.39 is 6.04 Å². The molecule has 0 aliphatic heterocycles. The fourth-order valence-corrected chi connectivity index (χ4v) is 4.41. The van der Waals surface area contributed by atoms with E-state index >= 15 is 0 Å². The van der Waals surface area contributed by atoms with Gasteiger partial charge >= 0.3 is 0 Å². The molecule has 4 rings (SSSR count). The van der Waals surface area contributed by atoms with Crippen molar-refractivity contribution in [1.82, 2.24) is 24.8 Å². The smallest absolute Gasteiger partial charge is 0.242 e. The molecule has 3 aromatic heterocycles. The number of amides is 1. The van der Waals surface area contributed by atoms with E-state index in [1.807, 2.05) is 35.7 Å². The molecule has 1 amide bonds. The highest BCUT2D eigenvalue weighted by Crippen LogP contribution is 2.27. The summed E-state index contributed by atoms with van der Waals surface area (Å²) in [4.78, 5) is 27.0. The lowest BCUT2D eigenvalue weighted by Gasteiger charge is -2.19. The maximum atomic E-state index is 13.2. The summed E-state index contributed by atoms with van der Waals surface area (Å²) in [6.07, 6.45) is 6.07. The van der Waals surface area contributed by atoms with Crippen LogP contribution in [0.1, 0.15) is 10.4 Å². The third kappa shape index (κ3) is 6.49. The minimum absolute atomic E-state index is 0.141. The summed E-state index contributed by atoms with van der Waals surface area (Å²) >= 11 is 7.82. The number of nitrogens with one attached hydrogen (secondary N) is 2. The Balaban J connectivity index is 1.45. The number of hydrogen-bond acceptors (Lipinski definition) is 8.